The maximum absolute atomic E-state index is 12.4. The third-order valence-corrected chi connectivity index (χ3v) is 7.69. The Bertz CT molecular complexity index is 577. The second kappa shape index (κ2) is 4.53. The van der Waals surface area contributed by atoms with E-state index in [4.69, 9.17) is 0 Å². The fraction of sp³-hybridized carbons (Fsp3) is 0.789. The molecule has 3 fully saturated rings. The van der Waals surface area contributed by atoms with Crippen LogP contribution in [0.5, 0.6) is 0 Å². The number of hydrogen-bond acceptors (Lipinski definition) is 3. The highest BCUT2D eigenvalue weighted by Crippen LogP contribution is 2.64. The molecule has 0 aromatic heterocycles. The lowest BCUT2D eigenvalue weighted by Crippen LogP contribution is -2.50. The summed E-state index contributed by atoms with van der Waals surface area (Å²) < 4.78 is 0. The highest BCUT2D eigenvalue weighted by Gasteiger charge is 2.61. The van der Waals surface area contributed by atoms with Crippen LogP contribution in [0.1, 0.15) is 58.8 Å². The number of fused-ring (bicyclic) bond motifs is 5. The van der Waals surface area contributed by atoms with Crippen molar-refractivity contribution in [3.8, 4) is 0 Å². The summed E-state index contributed by atoms with van der Waals surface area (Å²) in [7, 11) is 0. The summed E-state index contributed by atoms with van der Waals surface area (Å²) >= 11 is 0. The molecule has 4 aliphatic carbocycles. The summed E-state index contributed by atoms with van der Waals surface area (Å²) in [6.45, 7) is 4.43. The van der Waals surface area contributed by atoms with Crippen LogP contribution in [0, 0.1) is 28.6 Å². The first kappa shape index (κ1) is 14.6. The average molecular weight is 302 g/mol. The highest BCUT2D eigenvalue weighted by molar-refractivity contribution is 5.92. The molecule has 3 nitrogen and oxygen atoms in total. The minimum atomic E-state index is -0.744. The van der Waals surface area contributed by atoms with Crippen molar-refractivity contribution in [1.29, 1.82) is 0 Å². The molecule has 22 heavy (non-hydrogen) atoms. The lowest BCUT2D eigenvalue weighted by atomic mass is 9.47. The van der Waals surface area contributed by atoms with E-state index >= 15 is 0 Å². The van der Waals surface area contributed by atoms with Gasteiger partial charge >= 0.3 is 0 Å². The van der Waals surface area contributed by atoms with E-state index in [2.05, 4.69) is 13.8 Å². The van der Waals surface area contributed by atoms with Gasteiger partial charge < -0.3 is 5.11 Å². The minimum absolute atomic E-state index is 0.0845. The van der Waals surface area contributed by atoms with Crippen molar-refractivity contribution in [2.24, 2.45) is 28.6 Å². The summed E-state index contributed by atoms with van der Waals surface area (Å²) in [6, 6.07) is 0. The van der Waals surface area contributed by atoms with Gasteiger partial charge in [-0.15, -0.1) is 0 Å². The Morgan fingerprint density at radius 1 is 1.05 bits per heavy atom. The van der Waals surface area contributed by atoms with Crippen LogP contribution in [-0.2, 0) is 9.59 Å². The Morgan fingerprint density at radius 3 is 2.59 bits per heavy atom. The van der Waals surface area contributed by atoms with Gasteiger partial charge in [0, 0.05) is 11.8 Å². The fourth-order valence-corrected chi connectivity index (χ4v) is 6.35. The standard InChI is InChI=1S/C19H26O3/c1-18-7-5-12(20)9-11(18)3-4-13-14(18)6-8-19(2)15(13)10-16(21)17(19)22/h9,13-16,21H,3-8,10H2,1-2H3/t13-,14+,15+,16+,18+,19-/m1/s1. The number of rotatable bonds is 0. The lowest BCUT2D eigenvalue weighted by molar-refractivity contribution is -0.137. The quantitative estimate of drug-likeness (QED) is 0.748. The van der Waals surface area contributed by atoms with Crippen LogP contribution >= 0.6 is 0 Å². The van der Waals surface area contributed by atoms with E-state index in [1.54, 1.807) is 0 Å². The van der Waals surface area contributed by atoms with Gasteiger partial charge in [-0.2, -0.15) is 0 Å². The highest BCUT2D eigenvalue weighted by atomic mass is 16.3. The third kappa shape index (κ3) is 1.72. The molecular formula is C19H26O3. The molecule has 4 aliphatic rings. The van der Waals surface area contributed by atoms with Crippen molar-refractivity contribution in [3.63, 3.8) is 0 Å². The molecule has 6 atom stereocenters. The molecule has 3 saturated carbocycles. The van der Waals surface area contributed by atoms with Crippen LogP contribution < -0.4 is 0 Å². The van der Waals surface area contributed by atoms with Crippen molar-refractivity contribution in [1.82, 2.24) is 0 Å². The molecule has 0 radical (unpaired) electrons. The van der Waals surface area contributed by atoms with Gasteiger partial charge in [0.25, 0.3) is 0 Å². The SMILES string of the molecule is C[C@@]12CC[C@H]3[C@@H](CCC4=CC(=O)CC[C@@]43C)[C@@H]1C[C@H](O)C2=O. The van der Waals surface area contributed by atoms with Gasteiger partial charge in [-0.25, -0.2) is 0 Å². The molecule has 0 aromatic carbocycles. The van der Waals surface area contributed by atoms with Crippen LogP contribution in [0.2, 0.25) is 0 Å². The van der Waals surface area contributed by atoms with Crippen molar-refractivity contribution in [2.75, 3.05) is 0 Å². The van der Waals surface area contributed by atoms with Gasteiger partial charge in [-0.05, 0) is 67.8 Å². The van der Waals surface area contributed by atoms with E-state index in [0.717, 1.165) is 32.1 Å². The number of Topliss-reactive ketones (excluding diaryl/α,β-unsaturated/α-hetero) is 1. The molecule has 0 amide bonds. The van der Waals surface area contributed by atoms with Gasteiger partial charge in [-0.1, -0.05) is 19.4 Å². The zero-order valence-corrected chi connectivity index (χ0v) is 13.6. The number of hydrogen-bond donors (Lipinski definition) is 1. The molecule has 0 aliphatic heterocycles. The zero-order valence-electron chi connectivity index (χ0n) is 13.6. The number of allylic oxidation sites excluding steroid dienone is 1. The maximum Gasteiger partial charge on any atom is 0.167 e. The topological polar surface area (TPSA) is 54.4 Å². The largest absolute Gasteiger partial charge is 0.385 e. The fourth-order valence-electron chi connectivity index (χ4n) is 6.35. The first-order valence-corrected chi connectivity index (χ1v) is 8.82. The van der Waals surface area contributed by atoms with Crippen molar-refractivity contribution >= 4 is 11.6 Å². The van der Waals surface area contributed by atoms with E-state index in [1.807, 2.05) is 6.08 Å². The monoisotopic (exact) mass is 302 g/mol. The predicted molar refractivity (Wildman–Crippen MR) is 83.1 cm³/mol. The molecule has 120 valence electrons. The van der Waals surface area contributed by atoms with Gasteiger partial charge in [0.1, 0.15) is 6.10 Å². The average Bonchev–Trinajstić information content (AvgIpc) is 2.72. The minimum Gasteiger partial charge on any atom is -0.385 e. The molecule has 0 saturated heterocycles. The second-order valence-corrected chi connectivity index (χ2v) is 8.54. The summed E-state index contributed by atoms with van der Waals surface area (Å²) in [4.78, 5) is 24.2. The molecule has 0 bridgehead atoms. The van der Waals surface area contributed by atoms with E-state index in [0.29, 0.717) is 30.6 Å². The van der Waals surface area contributed by atoms with Gasteiger partial charge in [0.05, 0.1) is 0 Å². The Hall–Kier alpha value is -0.960. The number of carbonyl (C=O) groups excluding carboxylic acids is 2. The van der Waals surface area contributed by atoms with Gasteiger partial charge in [0.15, 0.2) is 11.6 Å². The number of aliphatic hydroxyl groups excluding tert-OH is 1. The summed E-state index contributed by atoms with van der Waals surface area (Å²) in [6.07, 6.45) is 7.54. The molecule has 3 heteroatoms. The van der Waals surface area contributed by atoms with E-state index in [1.165, 1.54) is 5.57 Å². The Balaban J connectivity index is 1.70. The first-order chi connectivity index (χ1) is 10.4. The van der Waals surface area contributed by atoms with Crippen LogP contribution in [-0.4, -0.2) is 22.8 Å². The van der Waals surface area contributed by atoms with Crippen LogP contribution in [0.15, 0.2) is 11.6 Å². The van der Waals surface area contributed by atoms with Gasteiger partial charge in [0.2, 0.25) is 0 Å². The lowest BCUT2D eigenvalue weighted by Gasteiger charge is -2.56. The van der Waals surface area contributed by atoms with E-state index in [-0.39, 0.29) is 22.4 Å². The normalized spacial score (nSPS) is 51.0. The maximum atomic E-state index is 12.4. The number of ketones is 2. The summed E-state index contributed by atoms with van der Waals surface area (Å²) in [5.41, 5.74) is 1.20. The zero-order chi connectivity index (χ0) is 15.7. The molecule has 0 heterocycles. The Kier molecular flexibility index (Phi) is 3.01. The number of carbonyl (C=O) groups is 2. The molecule has 4 rings (SSSR count). The molecule has 1 N–H and O–H groups in total. The van der Waals surface area contributed by atoms with Gasteiger partial charge in [-0.3, -0.25) is 9.59 Å². The summed E-state index contributed by atoms with van der Waals surface area (Å²) in [5, 5.41) is 10.1. The van der Waals surface area contributed by atoms with Crippen molar-refractivity contribution in [2.45, 2.75) is 64.9 Å². The van der Waals surface area contributed by atoms with E-state index < -0.39 is 6.10 Å². The molecule has 0 spiro atoms. The summed E-state index contributed by atoms with van der Waals surface area (Å²) in [5.74, 6) is 1.83. The third-order valence-electron chi connectivity index (χ3n) is 7.69. The van der Waals surface area contributed by atoms with E-state index in [9.17, 15) is 14.7 Å². The van der Waals surface area contributed by atoms with Crippen LogP contribution in [0.4, 0.5) is 0 Å². The first-order valence-electron chi connectivity index (χ1n) is 8.82. The number of aliphatic hydroxyl groups is 1. The Morgan fingerprint density at radius 2 is 1.82 bits per heavy atom. The van der Waals surface area contributed by atoms with Crippen LogP contribution in [0.25, 0.3) is 0 Å². The second-order valence-electron chi connectivity index (χ2n) is 8.54. The molecular weight excluding hydrogens is 276 g/mol. The smallest absolute Gasteiger partial charge is 0.167 e. The molecule has 0 unspecified atom stereocenters. The van der Waals surface area contributed by atoms with Crippen molar-refractivity contribution in [3.05, 3.63) is 11.6 Å². The van der Waals surface area contributed by atoms with Crippen LogP contribution in [0.3, 0.4) is 0 Å². The predicted octanol–water partition coefficient (Wildman–Crippen LogP) is 3.06. The molecule has 0 aromatic rings. The van der Waals surface area contributed by atoms with Crippen molar-refractivity contribution < 1.29 is 14.7 Å². The Labute approximate surface area is 132 Å².